The highest BCUT2D eigenvalue weighted by Crippen LogP contribution is 2.25. The molecule has 2 aromatic carbocycles. The summed E-state index contributed by atoms with van der Waals surface area (Å²) in [6, 6.07) is 8.30. The molecule has 124 valence electrons. The van der Waals surface area contributed by atoms with Crippen molar-refractivity contribution in [1.29, 1.82) is 0 Å². The van der Waals surface area contributed by atoms with E-state index in [1.807, 2.05) is 0 Å². The third-order valence-electron chi connectivity index (χ3n) is 3.11. The van der Waals surface area contributed by atoms with Crippen molar-refractivity contribution in [3.63, 3.8) is 0 Å². The highest BCUT2D eigenvalue weighted by atomic mass is 35.5. The summed E-state index contributed by atoms with van der Waals surface area (Å²) in [7, 11) is 0. The largest absolute Gasteiger partial charge is 0.872 e. The maximum absolute atomic E-state index is 11.8. The standard InChI is InChI=1S/C16H12Cl2N2O4/c17-13-2-1-3-14(18)12(13)5-7-16(22)19-9-10-8-11(20(23)24)4-6-15(10)21/h1-8,21H,9H2,(H,19,22)/p-1/b7-5+. The fourth-order valence-electron chi connectivity index (χ4n) is 1.89. The summed E-state index contributed by atoms with van der Waals surface area (Å²) in [5.41, 5.74) is 0.412. The molecule has 1 amide bonds. The van der Waals surface area contributed by atoms with E-state index in [1.54, 1.807) is 18.2 Å². The summed E-state index contributed by atoms with van der Waals surface area (Å²) in [6.45, 7) is -0.125. The predicted molar refractivity (Wildman–Crippen MR) is 89.9 cm³/mol. The van der Waals surface area contributed by atoms with Gasteiger partial charge in [-0.2, -0.15) is 0 Å². The second-order valence-corrected chi connectivity index (χ2v) is 5.55. The Balaban J connectivity index is 2.05. The van der Waals surface area contributed by atoms with E-state index in [-0.39, 0.29) is 23.5 Å². The zero-order chi connectivity index (χ0) is 17.7. The Kier molecular flexibility index (Phi) is 5.78. The summed E-state index contributed by atoms with van der Waals surface area (Å²) in [4.78, 5) is 21.9. The first-order chi connectivity index (χ1) is 11.4. The van der Waals surface area contributed by atoms with Gasteiger partial charge in [-0.15, -0.1) is 5.75 Å². The minimum absolute atomic E-state index is 0.125. The van der Waals surface area contributed by atoms with Crippen molar-refractivity contribution < 1.29 is 14.8 Å². The Bertz CT molecular complexity index is 801. The minimum Gasteiger partial charge on any atom is -0.872 e. The quantitative estimate of drug-likeness (QED) is 0.499. The van der Waals surface area contributed by atoms with Crippen LogP contribution >= 0.6 is 23.2 Å². The van der Waals surface area contributed by atoms with Crippen LogP contribution in [0.15, 0.2) is 42.5 Å². The van der Waals surface area contributed by atoms with E-state index < -0.39 is 10.8 Å². The topological polar surface area (TPSA) is 95.3 Å². The molecule has 0 heterocycles. The molecule has 0 aliphatic carbocycles. The Morgan fingerprint density at radius 1 is 1.21 bits per heavy atom. The molecule has 8 heteroatoms. The van der Waals surface area contributed by atoms with Gasteiger partial charge in [-0.05, 0) is 23.8 Å². The molecule has 0 aliphatic rings. The number of carbonyl (C=O) groups is 1. The van der Waals surface area contributed by atoms with Crippen molar-refractivity contribution in [1.82, 2.24) is 5.32 Å². The van der Waals surface area contributed by atoms with Gasteiger partial charge in [0.2, 0.25) is 5.91 Å². The lowest BCUT2D eigenvalue weighted by Gasteiger charge is -2.12. The van der Waals surface area contributed by atoms with Gasteiger partial charge in [-0.1, -0.05) is 35.3 Å². The summed E-state index contributed by atoms with van der Waals surface area (Å²) >= 11 is 12.0. The van der Waals surface area contributed by atoms with E-state index >= 15 is 0 Å². The van der Waals surface area contributed by atoms with Gasteiger partial charge < -0.3 is 10.4 Å². The van der Waals surface area contributed by atoms with Crippen LogP contribution in [0.1, 0.15) is 11.1 Å². The lowest BCUT2D eigenvalue weighted by molar-refractivity contribution is -0.385. The number of non-ortho nitro benzene ring substituents is 1. The van der Waals surface area contributed by atoms with Crippen LogP contribution in [0.3, 0.4) is 0 Å². The molecule has 0 aliphatic heterocycles. The fourth-order valence-corrected chi connectivity index (χ4v) is 2.41. The van der Waals surface area contributed by atoms with Gasteiger partial charge in [0.25, 0.3) is 5.69 Å². The molecule has 0 atom stereocenters. The van der Waals surface area contributed by atoms with Gasteiger partial charge in [-0.3, -0.25) is 14.9 Å². The van der Waals surface area contributed by atoms with E-state index in [9.17, 15) is 20.0 Å². The molecular weight excluding hydrogens is 355 g/mol. The van der Waals surface area contributed by atoms with Crippen LogP contribution in [0.5, 0.6) is 5.75 Å². The lowest BCUT2D eigenvalue weighted by atomic mass is 10.1. The number of amides is 1. The Hall–Kier alpha value is -2.57. The Morgan fingerprint density at radius 3 is 2.50 bits per heavy atom. The van der Waals surface area contributed by atoms with E-state index in [2.05, 4.69) is 5.32 Å². The van der Waals surface area contributed by atoms with Gasteiger partial charge >= 0.3 is 0 Å². The smallest absolute Gasteiger partial charge is 0.269 e. The molecule has 2 aromatic rings. The number of nitrogens with one attached hydrogen (secondary N) is 1. The molecule has 0 unspecified atom stereocenters. The first-order valence-electron chi connectivity index (χ1n) is 6.72. The number of nitro benzene ring substituents is 1. The van der Waals surface area contributed by atoms with Crippen LogP contribution in [0.25, 0.3) is 6.08 Å². The van der Waals surface area contributed by atoms with Crippen LogP contribution in [0, 0.1) is 10.1 Å². The molecule has 2 rings (SSSR count). The number of nitro groups is 1. The van der Waals surface area contributed by atoms with Gasteiger partial charge in [0.15, 0.2) is 0 Å². The average molecular weight is 366 g/mol. The number of rotatable bonds is 5. The van der Waals surface area contributed by atoms with Gasteiger partial charge in [0, 0.05) is 40.4 Å². The maximum Gasteiger partial charge on any atom is 0.269 e. The average Bonchev–Trinajstić information content (AvgIpc) is 2.53. The molecule has 0 radical (unpaired) electrons. The molecule has 0 aromatic heterocycles. The summed E-state index contributed by atoms with van der Waals surface area (Å²) in [5, 5.41) is 25.6. The molecule has 24 heavy (non-hydrogen) atoms. The molecular formula is C16H11Cl2N2O4-. The third kappa shape index (κ3) is 4.47. The van der Waals surface area contributed by atoms with E-state index in [0.717, 1.165) is 18.2 Å². The second-order valence-electron chi connectivity index (χ2n) is 4.74. The molecule has 0 bridgehead atoms. The molecule has 0 saturated heterocycles. The van der Waals surface area contributed by atoms with Crippen molar-refractivity contribution in [2.24, 2.45) is 0 Å². The second kappa shape index (κ2) is 7.81. The highest BCUT2D eigenvalue weighted by molar-refractivity contribution is 6.37. The van der Waals surface area contributed by atoms with Crippen molar-refractivity contribution in [2.75, 3.05) is 0 Å². The van der Waals surface area contributed by atoms with Crippen molar-refractivity contribution in [3.8, 4) is 5.75 Å². The predicted octanol–water partition coefficient (Wildman–Crippen LogP) is 3.30. The zero-order valence-electron chi connectivity index (χ0n) is 12.2. The summed E-state index contributed by atoms with van der Waals surface area (Å²) < 4.78 is 0. The SMILES string of the molecule is O=C(/C=C/c1c(Cl)cccc1Cl)NCc1cc([N+](=O)[O-])ccc1[O-]. The molecule has 0 fully saturated rings. The zero-order valence-corrected chi connectivity index (χ0v) is 13.7. The monoisotopic (exact) mass is 365 g/mol. The maximum atomic E-state index is 11.8. The molecule has 6 nitrogen and oxygen atoms in total. The Labute approximate surface area is 147 Å². The van der Waals surface area contributed by atoms with Gasteiger partial charge in [-0.25, -0.2) is 0 Å². The fraction of sp³-hybridized carbons (Fsp3) is 0.0625. The summed E-state index contributed by atoms with van der Waals surface area (Å²) in [6.07, 6.45) is 2.67. The number of halogens is 2. The Morgan fingerprint density at radius 2 is 1.88 bits per heavy atom. The van der Waals surface area contributed by atoms with Crippen LogP contribution in [0.4, 0.5) is 5.69 Å². The van der Waals surface area contributed by atoms with Crippen LogP contribution in [-0.2, 0) is 11.3 Å². The molecule has 0 saturated carbocycles. The van der Waals surface area contributed by atoms with Crippen LogP contribution < -0.4 is 10.4 Å². The number of carbonyl (C=O) groups excluding carboxylic acids is 1. The van der Waals surface area contributed by atoms with Crippen molar-refractivity contribution >= 4 is 40.9 Å². The highest BCUT2D eigenvalue weighted by Gasteiger charge is 2.07. The number of benzene rings is 2. The molecule has 1 N–H and O–H groups in total. The van der Waals surface area contributed by atoms with Crippen molar-refractivity contribution in [2.45, 2.75) is 6.54 Å². The first kappa shape index (κ1) is 17.8. The minimum atomic E-state index is -0.607. The van der Waals surface area contributed by atoms with Gasteiger partial charge in [0.05, 0.1) is 4.92 Å². The van der Waals surface area contributed by atoms with Crippen molar-refractivity contribution in [3.05, 3.63) is 73.8 Å². The lowest BCUT2D eigenvalue weighted by Crippen LogP contribution is -2.21. The molecule has 0 spiro atoms. The number of nitrogens with zero attached hydrogens (tertiary/aromatic N) is 1. The number of hydrogen-bond donors (Lipinski definition) is 1. The van der Waals surface area contributed by atoms with E-state index in [1.165, 1.54) is 12.2 Å². The van der Waals surface area contributed by atoms with Crippen LogP contribution in [-0.4, -0.2) is 10.8 Å². The van der Waals surface area contributed by atoms with E-state index in [0.29, 0.717) is 15.6 Å². The van der Waals surface area contributed by atoms with Gasteiger partial charge in [0.1, 0.15) is 0 Å². The third-order valence-corrected chi connectivity index (χ3v) is 3.77. The van der Waals surface area contributed by atoms with E-state index in [4.69, 9.17) is 23.2 Å². The normalized spacial score (nSPS) is 10.8. The summed E-state index contributed by atoms with van der Waals surface area (Å²) in [5.74, 6) is -0.879. The number of hydrogen-bond acceptors (Lipinski definition) is 4. The first-order valence-corrected chi connectivity index (χ1v) is 7.48. The van der Waals surface area contributed by atoms with Crippen LogP contribution in [0.2, 0.25) is 10.0 Å².